The first-order valence-electron chi connectivity index (χ1n) is 9.23. The summed E-state index contributed by atoms with van der Waals surface area (Å²) in [6, 6.07) is 4.18. The quantitative estimate of drug-likeness (QED) is 0.731. The van der Waals surface area contributed by atoms with Crippen molar-refractivity contribution in [2.24, 2.45) is 14.1 Å². The van der Waals surface area contributed by atoms with Gasteiger partial charge in [0.2, 0.25) is 5.91 Å². The number of nitrogens with zero attached hydrogens (tertiary/aromatic N) is 3. The Balaban J connectivity index is 1.91. The van der Waals surface area contributed by atoms with Gasteiger partial charge in [-0.3, -0.25) is 18.7 Å². The highest BCUT2D eigenvalue weighted by Crippen LogP contribution is 2.21. The molecule has 0 aliphatic carbocycles. The zero-order chi connectivity index (χ0) is 21.5. The molecule has 1 amide bonds. The number of benzene rings is 1. The van der Waals surface area contributed by atoms with E-state index in [0.29, 0.717) is 34.4 Å². The monoisotopic (exact) mass is 398 g/mol. The fourth-order valence-electron chi connectivity index (χ4n) is 3.53. The molecule has 0 unspecified atom stereocenters. The van der Waals surface area contributed by atoms with Crippen molar-refractivity contribution in [2.75, 3.05) is 5.32 Å². The van der Waals surface area contributed by atoms with Crippen LogP contribution in [0.25, 0.3) is 11.0 Å². The summed E-state index contributed by atoms with van der Waals surface area (Å²) in [7, 11) is 3.01. The van der Waals surface area contributed by atoms with E-state index in [4.69, 9.17) is 0 Å². The number of nitrogens with one attached hydrogen (secondary N) is 1. The van der Waals surface area contributed by atoms with Gasteiger partial charge in [-0.25, -0.2) is 14.2 Å². The van der Waals surface area contributed by atoms with Crippen molar-refractivity contribution in [3.63, 3.8) is 0 Å². The molecule has 2 aromatic heterocycles. The molecule has 7 nitrogen and oxygen atoms in total. The predicted molar refractivity (Wildman–Crippen MR) is 110 cm³/mol. The van der Waals surface area contributed by atoms with Gasteiger partial charge in [0.05, 0.1) is 5.39 Å². The van der Waals surface area contributed by atoms with Crippen molar-refractivity contribution in [2.45, 2.75) is 33.6 Å². The first-order chi connectivity index (χ1) is 13.6. The average Bonchev–Trinajstić information content (AvgIpc) is 2.66. The van der Waals surface area contributed by atoms with Crippen molar-refractivity contribution >= 4 is 22.6 Å². The minimum absolute atomic E-state index is 0.178. The van der Waals surface area contributed by atoms with E-state index in [9.17, 15) is 18.8 Å². The molecule has 0 radical (unpaired) electrons. The summed E-state index contributed by atoms with van der Waals surface area (Å²) < 4.78 is 15.6. The molecule has 3 aromatic rings. The lowest BCUT2D eigenvalue weighted by Gasteiger charge is -2.15. The number of rotatable bonds is 4. The van der Waals surface area contributed by atoms with Gasteiger partial charge in [-0.2, -0.15) is 0 Å². The molecule has 29 heavy (non-hydrogen) atoms. The number of halogens is 1. The van der Waals surface area contributed by atoms with Crippen molar-refractivity contribution in [1.82, 2.24) is 14.1 Å². The van der Waals surface area contributed by atoms with Crippen LogP contribution in [0.5, 0.6) is 0 Å². The Morgan fingerprint density at radius 1 is 1.14 bits per heavy atom. The SMILES string of the molecule is Cc1cc(F)ccc1NC(=O)CCc1c(C)nc2c(c1C)c(=O)n(C)c(=O)n2C. The highest BCUT2D eigenvalue weighted by molar-refractivity contribution is 5.91. The average molecular weight is 398 g/mol. The summed E-state index contributed by atoms with van der Waals surface area (Å²) in [5, 5.41) is 3.16. The van der Waals surface area contributed by atoms with Gasteiger partial charge >= 0.3 is 5.69 Å². The van der Waals surface area contributed by atoms with E-state index in [0.717, 1.165) is 15.7 Å². The van der Waals surface area contributed by atoms with Crippen LogP contribution in [0.4, 0.5) is 10.1 Å². The molecule has 1 N–H and O–H groups in total. The van der Waals surface area contributed by atoms with Gasteiger partial charge in [0.1, 0.15) is 11.5 Å². The van der Waals surface area contributed by atoms with Crippen molar-refractivity contribution in [3.05, 3.63) is 67.2 Å². The van der Waals surface area contributed by atoms with Crippen LogP contribution in [-0.4, -0.2) is 20.0 Å². The van der Waals surface area contributed by atoms with Gasteiger partial charge < -0.3 is 5.32 Å². The molecule has 0 atom stereocenters. The second-order valence-electron chi connectivity index (χ2n) is 7.21. The molecule has 0 saturated heterocycles. The van der Waals surface area contributed by atoms with E-state index in [1.54, 1.807) is 27.8 Å². The van der Waals surface area contributed by atoms with Gasteiger partial charge in [0, 0.05) is 31.9 Å². The molecule has 0 saturated carbocycles. The first-order valence-corrected chi connectivity index (χ1v) is 9.23. The van der Waals surface area contributed by atoms with Crippen LogP contribution in [0, 0.1) is 26.6 Å². The highest BCUT2D eigenvalue weighted by atomic mass is 19.1. The van der Waals surface area contributed by atoms with E-state index in [1.807, 2.05) is 0 Å². The second kappa shape index (κ2) is 7.62. The van der Waals surface area contributed by atoms with Crippen LogP contribution < -0.4 is 16.6 Å². The van der Waals surface area contributed by atoms with Crippen molar-refractivity contribution in [3.8, 4) is 0 Å². The lowest BCUT2D eigenvalue weighted by atomic mass is 9.99. The van der Waals surface area contributed by atoms with Gasteiger partial charge in [-0.05, 0) is 62.1 Å². The number of carbonyl (C=O) groups excluding carboxylic acids is 1. The summed E-state index contributed by atoms with van der Waals surface area (Å²) in [4.78, 5) is 41.6. The van der Waals surface area contributed by atoms with Gasteiger partial charge in [-0.1, -0.05) is 0 Å². The second-order valence-corrected chi connectivity index (χ2v) is 7.21. The summed E-state index contributed by atoms with van der Waals surface area (Å²) in [6.07, 6.45) is 0.566. The van der Waals surface area contributed by atoms with Crippen LogP contribution >= 0.6 is 0 Å². The summed E-state index contributed by atoms with van der Waals surface area (Å²) in [6.45, 7) is 5.33. The molecular weight excluding hydrogens is 375 g/mol. The molecule has 2 heterocycles. The summed E-state index contributed by atoms with van der Waals surface area (Å²) in [5.74, 6) is -0.572. The largest absolute Gasteiger partial charge is 0.332 e. The number of fused-ring (bicyclic) bond motifs is 1. The smallest absolute Gasteiger partial charge is 0.326 e. The standard InChI is InChI=1S/C21H23FN4O3/c1-11-10-14(22)6-8-16(11)24-17(27)9-7-15-12(2)18-19(23-13(15)3)25(4)21(29)26(5)20(18)28/h6,8,10H,7,9H2,1-5H3,(H,24,27). The Morgan fingerprint density at radius 3 is 2.48 bits per heavy atom. The topological polar surface area (TPSA) is 86.0 Å². The first kappa shape index (κ1) is 20.4. The molecule has 0 spiro atoms. The van der Waals surface area contributed by atoms with E-state index in [-0.39, 0.29) is 18.1 Å². The predicted octanol–water partition coefficient (Wildman–Crippen LogP) is 2.27. The maximum Gasteiger partial charge on any atom is 0.332 e. The molecule has 152 valence electrons. The molecule has 3 rings (SSSR count). The highest BCUT2D eigenvalue weighted by Gasteiger charge is 2.17. The molecule has 8 heteroatoms. The zero-order valence-corrected chi connectivity index (χ0v) is 17.1. The number of aryl methyl sites for hydroxylation is 4. The molecular formula is C21H23FN4O3. The Labute approximate surface area is 166 Å². The molecule has 0 bridgehead atoms. The molecule has 0 aliphatic rings. The minimum Gasteiger partial charge on any atom is -0.326 e. The van der Waals surface area contributed by atoms with Crippen molar-refractivity contribution < 1.29 is 9.18 Å². The Hall–Kier alpha value is -3.29. The Kier molecular flexibility index (Phi) is 5.37. The number of carbonyl (C=O) groups is 1. The minimum atomic E-state index is -0.435. The van der Waals surface area contributed by atoms with Crippen LogP contribution in [0.2, 0.25) is 0 Å². The lowest BCUT2D eigenvalue weighted by Crippen LogP contribution is -2.38. The number of amides is 1. The fraction of sp³-hybridized carbons (Fsp3) is 0.333. The van der Waals surface area contributed by atoms with Crippen LogP contribution in [0.3, 0.4) is 0 Å². The number of aromatic nitrogens is 3. The third-order valence-electron chi connectivity index (χ3n) is 5.24. The molecule has 1 aromatic carbocycles. The van der Waals surface area contributed by atoms with E-state index >= 15 is 0 Å². The molecule has 0 aliphatic heterocycles. The van der Waals surface area contributed by atoms with Gasteiger partial charge in [0.25, 0.3) is 5.56 Å². The fourth-order valence-corrected chi connectivity index (χ4v) is 3.53. The number of anilines is 1. The normalized spacial score (nSPS) is 11.1. The zero-order valence-electron chi connectivity index (χ0n) is 17.1. The number of pyridine rings is 1. The Bertz CT molecular complexity index is 1260. The van der Waals surface area contributed by atoms with Gasteiger partial charge in [-0.15, -0.1) is 0 Å². The summed E-state index contributed by atoms with van der Waals surface area (Å²) >= 11 is 0. The third-order valence-corrected chi connectivity index (χ3v) is 5.24. The van der Waals surface area contributed by atoms with Crippen LogP contribution in [0.1, 0.15) is 28.8 Å². The van der Waals surface area contributed by atoms with Crippen LogP contribution in [0.15, 0.2) is 27.8 Å². The maximum atomic E-state index is 13.2. The maximum absolute atomic E-state index is 13.2. The molecule has 0 fully saturated rings. The van der Waals surface area contributed by atoms with E-state index in [2.05, 4.69) is 10.3 Å². The lowest BCUT2D eigenvalue weighted by molar-refractivity contribution is -0.116. The van der Waals surface area contributed by atoms with Crippen LogP contribution in [-0.2, 0) is 25.3 Å². The number of hydrogen-bond donors (Lipinski definition) is 1. The van der Waals surface area contributed by atoms with Gasteiger partial charge in [0.15, 0.2) is 0 Å². The van der Waals surface area contributed by atoms with E-state index in [1.165, 1.54) is 29.8 Å². The Morgan fingerprint density at radius 2 is 1.83 bits per heavy atom. The number of hydrogen-bond acceptors (Lipinski definition) is 4. The third kappa shape index (κ3) is 3.70. The van der Waals surface area contributed by atoms with Crippen molar-refractivity contribution in [1.29, 1.82) is 0 Å². The summed E-state index contributed by atoms with van der Waals surface area (Å²) in [5.41, 5.74) is 2.89. The van der Waals surface area contributed by atoms with E-state index < -0.39 is 11.2 Å².